The minimum atomic E-state index is -0.878. The number of benzene rings is 2. The van der Waals surface area contributed by atoms with Gasteiger partial charge in [-0.1, -0.05) is 36.0 Å². The minimum Gasteiger partial charge on any atom is -0.497 e. The molecule has 0 amide bonds. The molecule has 0 unspecified atom stereocenters. The molecule has 6 heteroatoms. The van der Waals surface area contributed by atoms with Crippen LogP contribution < -0.4 is 4.74 Å². The lowest BCUT2D eigenvalue weighted by atomic mass is 10.2. The molecule has 0 atom stereocenters. The summed E-state index contributed by atoms with van der Waals surface area (Å²) in [6.07, 6.45) is 0. The summed E-state index contributed by atoms with van der Waals surface area (Å²) >= 11 is 1.52. The first kappa shape index (κ1) is 15.4. The van der Waals surface area contributed by atoms with Crippen molar-refractivity contribution in [1.82, 2.24) is 9.55 Å². The number of para-hydroxylation sites is 2. The number of ether oxygens (including phenoxy) is 1. The number of aliphatic carboxylic acids is 1. The number of aromatic nitrogens is 2. The van der Waals surface area contributed by atoms with Crippen LogP contribution in [0, 0.1) is 0 Å². The molecule has 1 heterocycles. The summed E-state index contributed by atoms with van der Waals surface area (Å²) in [5, 5.41) is 9.85. The Morgan fingerprint density at radius 1 is 1.26 bits per heavy atom. The number of rotatable bonds is 6. The van der Waals surface area contributed by atoms with Gasteiger partial charge in [-0.25, -0.2) is 4.98 Å². The Balaban J connectivity index is 1.88. The van der Waals surface area contributed by atoms with E-state index in [-0.39, 0.29) is 6.54 Å². The van der Waals surface area contributed by atoms with Crippen LogP contribution in [0.3, 0.4) is 0 Å². The molecule has 0 fully saturated rings. The molecule has 0 aliphatic rings. The number of carboxylic acids is 1. The van der Waals surface area contributed by atoms with E-state index >= 15 is 0 Å². The molecule has 5 nitrogen and oxygen atoms in total. The molecule has 23 heavy (non-hydrogen) atoms. The largest absolute Gasteiger partial charge is 0.497 e. The first-order valence-electron chi connectivity index (χ1n) is 7.10. The Hall–Kier alpha value is -2.47. The Morgan fingerprint density at radius 3 is 2.87 bits per heavy atom. The van der Waals surface area contributed by atoms with E-state index in [0.29, 0.717) is 10.9 Å². The van der Waals surface area contributed by atoms with Crippen LogP contribution in [-0.4, -0.2) is 27.7 Å². The Kier molecular flexibility index (Phi) is 4.52. The zero-order valence-electron chi connectivity index (χ0n) is 12.6. The number of carboxylic acid groups (broad SMARTS) is 1. The van der Waals surface area contributed by atoms with Crippen LogP contribution >= 0.6 is 11.8 Å². The van der Waals surface area contributed by atoms with Gasteiger partial charge in [0.05, 0.1) is 18.1 Å². The predicted molar refractivity (Wildman–Crippen MR) is 89.9 cm³/mol. The summed E-state index contributed by atoms with van der Waals surface area (Å²) in [5.41, 5.74) is 2.74. The van der Waals surface area contributed by atoms with E-state index in [4.69, 9.17) is 9.84 Å². The van der Waals surface area contributed by atoms with E-state index in [0.717, 1.165) is 22.3 Å². The van der Waals surface area contributed by atoms with Crippen LogP contribution in [0.5, 0.6) is 5.75 Å². The molecule has 0 saturated carbocycles. The van der Waals surface area contributed by atoms with Crippen molar-refractivity contribution in [2.75, 3.05) is 7.11 Å². The first-order chi connectivity index (χ1) is 11.2. The van der Waals surface area contributed by atoms with E-state index in [1.807, 2.05) is 48.5 Å². The summed E-state index contributed by atoms with van der Waals surface area (Å²) in [6, 6.07) is 15.4. The molecule has 0 radical (unpaired) electrons. The van der Waals surface area contributed by atoms with Crippen molar-refractivity contribution >= 4 is 28.8 Å². The standard InChI is InChI=1S/C17H16N2O3S/c1-22-13-6-4-5-12(9-13)11-23-17-18-14-7-2-3-8-15(14)19(17)10-16(20)21/h2-9H,10-11H2,1H3,(H,20,21). The number of nitrogens with zero attached hydrogens (tertiary/aromatic N) is 2. The monoisotopic (exact) mass is 328 g/mol. The second kappa shape index (κ2) is 6.75. The van der Waals surface area contributed by atoms with Gasteiger partial charge in [-0.15, -0.1) is 0 Å². The molecule has 118 valence electrons. The smallest absolute Gasteiger partial charge is 0.323 e. The molecule has 3 rings (SSSR count). The average molecular weight is 328 g/mol. The second-order valence-corrected chi connectivity index (χ2v) is 5.95. The highest BCUT2D eigenvalue weighted by molar-refractivity contribution is 7.98. The van der Waals surface area contributed by atoms with Gasteiger partial charge in [0.2, 0.25) is 0 Å². The Labute approximate surface area is 137 Å². The zero-order chi connectivity index (χ0) is 16.2. The first-order valence-corrected chi connectivity index (χ1v) is 8.08. The lowest BCUT2D eigenvalue weighted by Crippen LogP contribution is -2.09. The number of thioether (sulfide) groups is 1. The van der Waals surface area contributed by atoms with Gasteiger partial charge in [0.25, 0.3) is 0 Å². The number of hydrogen-bond acceptors (Lipinski definition) is 4. The van der Waals surface area contributed by atoms with Gasteiger partial charge >= 0.3 is 5.97 Å². The van der Waals surface area contributed by atoms with Gasteiger partial charge < -0.3 is 14.4 Å². The van der Waals surface area contributed by atoms with Crippen LogP contribution in [0.25, 0.3) is 11.0 Å². The fourth-order valence-electron chi connectivity index (χ4n) is 2.36. The highest BCUT2D eigenvalue weighted by Gasteiger charge is 2.13. The maximum absolute atomic E-state index is 11.1. The second-order valence-electron chi connectivity index (χ2n) is 5.00. The van der Waals surface area contributed by atoms with Gasteiger partial charge in [0.15, 0.2) is 5.16 Å². The van der Waals surface area contributed by atoms with Crippen molar-refractivity contribution < 1.29 is 14.6 Å². The topological polar surface area (TPSA) is 64.4 Å². The summed E-state index contributed by atoms with van der Waals surface area (Å²) in [5.74, 6) is 0.624. The minimum absolute atomic E-state index is 0.0963. The molecule has 3 aromatic rings. The molecular formula is C17H16N2O3S. The third kappa shape index (κ3) is 3.48. The maximum Gasteiger partial charge on any atom is 0.323 e. The van der Waals surface area contributed by atoms with Gasteiger partial charge in [-0.05, 0) is 29.8 Å². The number of imidazole rings is 1. The van der Waals surface area contributed by atoms with Crippen molar-refractivity contribution in [2.24, 2.45) is 0 Å². The van der Waals surface area contributed by atoms with Crippen molar-refractivity contribution in [3.63, 3.8) is 0 Å². The van der Waals surface area contributed by atoms with Crippen LogP contribution in [-0.2, 0) is 17.1 Å². The molecule has 0 aliphatic heterocycles. The SMILES string of the molecule is COc1cccc(CSc2nc3ccccc3n2CC(=O)O)c1. The predicted octanol–water partition coefficient (Wildman–Crippen LogP) is 3.42. The molecule has 0 bridgehead atoms. The normalized spacial score (nSPS) is 10.8. The van der Waals surface area contributed by atoms with Crippen LogP contribution in [0.15, 0.2) is 53.7 Å². The van der Waals surface area contributed by atoms with Crippen LogP contribution in [0.4, 0.5) is 0 Å². The quantitative estimate of drug-likeness (QED) is 0.702. The van der Waals surface area contributed by atoms with E-state index < -0.39 is 5.97 Å². The maximum atomic E-state index is 11.1. The summed E-state index contributed by atoms with van der Waals surface area (Å²) in [6.45, 7) is -0.0963. The molecule has 0 spiro atoms. The number of fused-ring (bicyclic) bond motifs is 1. The van der Waals surface area contributed by atoms with Gasteiger partial charge in [0.1, 0.15) is 12.3 Å². The molecule has 0 aliphatic carbocycles. The molecule has 1 N–H and O–H groups in total. The lowest BCUT2D eigenvalue weighted by Gasteiger charge is -2.07. The van der Waals surface area contributed by atoms with Crippen molar-refractivity contribution in [3.05, 3.63) is 54.1 Å². The van der Waals surface area contributed by atoms with E-state index in [2.05, 4.69) is 4.98 Å². The highest BCUT2D eigenvalue weighted by Crippen LogP contribution is 2.27. The summed E-state index contributed by atoms with van der Waals surface area (Å²) in [7, 11) is 1.64. The van der Waals surface area contributed by atoms with Crippen LogP contribution in [0.2, 0.25) is 0 Å². The summed E-state index contributed by atoms with van der Waals surface area (Å²) in [4.78, 5) is 15.7. The van der Waals surface area contributed by atoms with Crippen molar-refractivity contribution in [2.45, 2.75) is 17.5 Å². The third-order valence-corrected chi connectivity index (χ3v) is 4.46. The van der Waals surface area contributed by atoms with Crippen molar-refractivity contribution in [1.29, 1.82) is 0 Å². The lowest BCUT2D eigenvalue weighted by molar-refractivity contribution is -0.137. The zero-order valence-corrected chi connectivity index (χ0v) is 13.4. The average Bonchev–Trinajstić information content (AvgIpc) is 2.90. The van der Waals surface area contributed by atoms with Crippen LogP contribution in [0.1, 0.15) is 5.56 Å². The van der Waals surface area contributed by atoms with E-state index in [9.17, 15) is 4.79 Å². The van der Waals surface area contributed by atoms with Gasteiger partial charge in [0, 0.05) is 5.75 Å². The highest BCUT2D eigenvalue weighted by atomic mass is 32.2. The van der Waals surface area contributed by atoms with Gasteiger partial charge in [-0.2, -0.15) is 0 Å². The van der Waals surface area contributed by atoms with E-state index in [1.54, 1.807) is 11.7 Å². The van der Waals surface area contributed by atoms with Gasteiger partial charge in [-0.3, -0.25) is 4.79 Å². The third-order valence-electron chi connectivity index (χ3n) is 3.41. The van der Waals surface area contributed by atoms with Crippen molar-refractivity contribution in [3.8, 4) is 5.75 Å². The summed E-state index contributed by atoms with van der Waals surface area (Å²) < 4.78 is 6.96. The fraction of sp³-hybridized carbons (Fsp3) is 0.176. The molecule has 2 aromatic carbocycles. The molecule has 0 saturated heterocycles. The fourth-order valence-corrected chi connectivity index (χ4v) is 3.32. The number of methoxy groups -OCH3 is 1. The number of carbonyl (C=O) groups is 1. The Morgan fingerprint density at radius 2 is 2.09 bits per heavy atom. The molecule has 1 aromatic heterocycles. The Bertz CT molecular complexity index is 845. The molecular weight excluding hydrogens is 312 g/mol. The van der Waals surface area contributed by atoms with E-state index in [1.165, 1.54) is 11.8 Å². The number of hydrogen-bond donors (Lipinski definition) is 1.